The average Bonchev–Trinajstić information content (AvgIpc) is 2.90. The molecular formula is C15H14N2O2S. The number of ether oxygens (including phenoxy) is 1. The Balaban J connectivity index is 2.00. The number of benzene rings is 1. The second-order valence-corrected chi connectivity index (χ2v) is 5.55. The van der Waals surface area contributed by atoms with Crippen LogP contribution in [0.4, 0.5) is 0 Å². The highest BCUT2D eigenvalue weighted by Crippen LogP contribution is 2.34. The summed E-state index contributed by atoms with van der Waals surface area (Å²) in [5, 5.41) is 10.3. The number of hydrogen-bond donors (Lipinski definition) is 1. The van der Waals surface area contributed by atoms with Crippen LogP contribution in [0.3, 0.4) is 0 Å². The summed E-state index contributed by atoms with van der Waals surface area (Å²) < 4.78 is 6.68. The molecule has 0 amide bonds. The molecule has 0 bridgehead atoms. The van der Waals surface area contributed by atoms with E-state index in [4.69, 9.17) is 4.74 Å². The van der Waals surface area contributed by atoms with Gasteiger partial charge < -0.3 is 9.84 Å². The number of nitrogens with zero attached hydrogens (tertiary/aromatic N) is 2. The maximum absolute atomic E-state index is 9.32. The Hall–Kier alpha value is -1.98. The van der Waals surface area contributed by atoms with Crippen molar-refractivity contribution in [2.24, 2.45) is 0 Å². The number of rotatable bonds is 4. The van der Waals surface area contributed by atoms with Gasteiger partial charge in [0.25, 0.3) is 0 Å². The van der Waals surface area contributed by atoms with Gasteiger partial charge in [0.05, 0.1) is 10.8 Å². The van der Waals surface area contributed by atoms with E-state index >= 15 is 0 Å². The molecule has 1 aromatic carbocycles. The third-order valence-corrected chi connectivity index (χ3v) is 3.86. The lowest BCUT2D eigenvalue weighted by atomic mass is 10.3. The number of pyridine rings is 1. The number of hydrogen-bond acceptors (Lipinski definition) is 5. The van der Waals surface area contributed by atoms with E-state index in [1.807, 2.05) is 30.3 Å². The third kappa shape index (κ3) is 2.64. The molecule has 0 aliphatic heterocycles. The van der Waals surface area contributed by atoms with Crippen molar-refractivity contribution in [3.8, 4) is 16.3 Å². The second-order valence-electron chi connectivity index (χ2n) is 4.52. The van der Waals surface area contributed by atoms with Gasteiger partial charge in [0, 0.05) is 18.0 Å². The first-order valence-corrected chi connectivity index (χ1v) is 7.16. The normalized spacial score (nSPS) is 12.5. The number of aromatic nitrogens is 2. The topological polar surface area (TPSA) is 55.2 Å². The van der Waals surface area contributed by atoms with Gasteiger partial charge in [-0.2, -0.15) is 0 Å². The van der Waals surface area contributed by atoms with Crippen molar-refractivity contribution in [2.75, 3.05) is 6.61 Å². The Kier molecular flexibility index (Phi) is 3.62. The van der Waals surface area contributed by atoms with Crippen molar-refractivity contribution in [2.45, 2.75) is 13.0 Å². The zero-order chi connectivity index (χ0) is 13.9. The lowest BCUT2D eigenvalue weighted by Crippen LogP contribution is -2.12. The summed E-state index contributed by atoms with van der Waals surface area (Å²) in [7, 11) is 0. The Morgan fingerprint density at radius 2 is 2.05 bits per heavy atom. The van der Waals surface area contributed by atoms with Crippen LogP contribution in [0.2, 0.25) is 0 Å². The van der Waals surface area contributed by atoms with Crippen LogP contribution in [-0.4, -0.2) is 27.8 Å². The van der Waals surface area contributed by atoms with E-state index in [0.717, 1.165) is 20.8 Å². The molecule has 0 saturated heterocycles. The molecule has 2 aromatic heterocycles. The second kappa shape index (κ2) is 5.56. The largest absolute Gasteiger partial charge is 0.489 e. The van der Waals surface area contributed by atoms with Crippen LogP contribution < -0.4 is 4.74 Å². The van der Waals surface area contributed by atoms with Gasteiger partial charge in [0.15, 0.2) is 0 Å². The van der Waals surface area contributed by atoms with Crippen molar-refractivity contribution in [3.05, 3.63) is 42.7 Å². The molecule has 0 spiro atoms. The maximum atomic E-state index is 9.32. The van der Waals surface area contributed by atoms with Gasteiger partial charge >= 0.3 is 0 Å². The summed E-state index contributed by atoms with van der Waals surface area (Å²) in [4.78, 5) is 8.66. The summed E-state index contributed by atoms with van der Waals surface area (Å²) >= 11 is 1.62. The summed E-state index contributed by atoms with van der Waals surface area (Å²) in [5.74, 6) is 0.708. The number of fused-ring (bicyclic) bond motifs is 1. The lowest BCUT2D eigenvalue weighted by molar-refractivity contribution is 0.123. The number of thiazole rings is 1. The van der Waals surface area contributed by atoms with Gasteiger partial charge in [0.1, 0.15) is 22.9 Å². The predicted octanol–water partition coefficient (Wildman–Crippen LogP) is 3.12. The zero-order valence-corrected chi connectivity index (χ0v) is 11.8. The van der Waals surface area contributed by atoms with Gasteiger partial charge in [-0.15, -0.1) is 11.3 Å². The first kappa shape index (κ1) is 13.0. The molecule has 20 heavy (non-hydrogen) atoms. The molecular weight excluding hydrogens is 272 g/mol. The Morgan fingerprint density at radius 1 is 1.25 bits per heavy atom. The molecule has 4 nitrogen and oxygen atoms in total. The number of aliphatic hydroxyl groups is 1. The van der Waals surface area contributed by atoms with Crippen LogP contribution in [-0.2, 0) is 0 Å². The minimum absolute atomic E-state index is 0.265. The summed E-state index contributed by atoms with van der Waals surface area (Å²) in [5.41, 5.74) is 1.88. The van der Waals surface area contributed by atoms with Crippen LogP contribution in [0.15, 0.2) is 42.7 Å². The van der Waals surface area contributed by atoms with Gasteiger partial charge in [-0.05, 0) is 31.2 Å². The Bertz CT molecular complexity index is 710. The fourth-order valence-electron chi connectivity index (χ4n) is 1.87. The Labute approximate surface area is 120 Å². The molecule has 0 saturated carbocycles. The highest BCUT2D eigenvalue weighted by molar-refractivity contribution is 7.21. The quantitative estimate of drug-likeness (QED) is 0.800. The molecule has 0 aliphatic carbocycles. The van der Waals surface area contributed by atoms with Crippen molar-refractivity contribution < 1.29 is 9.84 Å². The molecule has 0 fully saturated rings. The highest BCUT2D eigenvalue weighted by Gasteiger charge is 2.11. The Morgan fingerprint density at radius 3 is 2.80 bits per heavy atom. The molecule has 102 valence electrons. The van der Waals surface area contributed by atoms with E-state index in [1.54, 1.807) is 30.7 Å². The summed E-state index contributed by atoms with van der Waals surface area (Å²) in [6, 6.07) is 9.71. The van der Waals surface area contributed by atoms with Crippen molar-refractivity contribution in [1.29, 1.82) is 0 Å². The van der Waals surface area contributed by atoms with Crippen LogP contribution >= 0.6 is 11.3 Å². The first-order valence-electron chi connectivity index (χ1n) is 6.35. The molecule has 2 heterocycles. The van der Waals surface area contributed by atoms with E-state index in [2.05, 4.69) is 9.97 Å². The minimum Gasteiger partial charge on any atom is -0.489 e. The SMILES string of the molecule is CC(O)COc1cccc2sc(-c3ccncc3)nc12. The minimum atomic E-state index is -0.497. The fourth-order valence-corrected chi connectivity index (χ4v) is 2.86. The smallest absolute Gasteiger partial charge is 0.146 e. The van der Waals surface area contributed by atoms with E-state index in [0.29, 0.717) is 5.75 Å². The zero-order valence-electron chi connectivity index (χ0n) is 11.0. The highest BCUT2D eigenvalue weighted by atomic mass is 32.1. The van der Waals surface area contributed by atoms with Gasteiger partial charge in [-0.3, -0.25) is 4.98 Å². The van der Waals surface area contributed by atoms with Crippen LogP contribution in [0.1, 0.15) is 6.92 Å². The van der Waals surface area contributed by atoms with Crippen LogP contribution in [0.25, 0.3) is 20.8 Å². The van der Waals surface area contributed by atoms with E-state index < -0.39 is 6.10 Å². The van der Waals surface area contributed by atoms with E-state index in [9.17, 15) is 5.11 Å². The van der Waals surface area contributed by atoms with E-state index in [1.165, 1.54) is 0 Å². The molecule has 3 rings (SSSR count). The fraction of sp³-hybridized carbons (Fsp3) is 0.200. The maximum Gasteiger partial charge on any atom is 0.146 e. The molecule has 1 atom stereocenters. The third-order valence-electron chi connectivity index (χ3n) is 2.79. The van der Waals surface area contributed by atoms with E-state index in [-0.39, 0.29) is 6.61 Å². The average molecular weight is 286 g/mol. The lowest BCUT2D eigenvalue weighted by Gasteiger charge is -2.07. The molecule has 1 N–H and O–H groups in total. The molecule has 3 aromatic rings. The standard InChI is InChI=1S/C15H14N2O2S/c1-10(18)9-19-12-3-2-4-13-14(12)17-15(20-13)11-5-7-16-8-6-11/h2-8,10,18H,9H2,1H3. The van der Waals surface area contributed by atoms with Crippen LogP contribution in [0.5, 0.6) is 5.75 Å². The molecule has 1 unspecified atom stereocenters. The predicted molar refractivity (Wildman–Crippen MR) is 80.0 cm³/mol. The monoisotopic (exact) mass is 286 g/mol. The van der Waals surface area contributed by atoms with Crippen molar-refractivity contribution >= 4 is 21.6 Å². The molecule has 5 heteroatoms. The number of para-hydroxylation sites is 1. The number of aliphatic hydroxyl groups excluding tert-OH is 1. The first-order chi connectivity index (χ1) is 9.74. The van der Waals surface area contributed by atoms with Gasteiger partial charge in [0.2, 0.25) is 0 Å². The molecule has 0 aliphatic rings. The summed E-state index contributed by atoms with van der Waals surface area (Å²) in [6.45, 7) is 1.96. The van der Waals surface area contributed by atoms with Crippen molar-refractivity contribution in [1.82, 2.24) is 9.97 Å². The van der Waals surface area contributed by atoms with Crippen molar-refractivity contribution in [3.63, 3.8) is 0 Å². The van der Waals surface area contributed by atoms with Gasteiger partial charge in [-0.25, -0.2) is 4.98 Å². The van der Waals surface area contributed by atoms with Crippen LogP contribution in [0, 0.1) is 0 Å². The van der Waals surface area contributed by atoms with Gasteiger partial charge in [-0.1, -0.05) is 6.07 Å². The molecule has 0 radical (unpaired) electrons. The summed E-state index contributed by atoms with van der Waals surface area (Å²) in [6.07, 6.45) is 3.02.